The van der Waals surface area contributed by atoms with Gasteiger partial charge in [-0.05, 0) is 26.0 Å². The molecule has 0 saturated heterocycles. The summed E-state index contributed by atoms with van der Waals surface area (Å²) in [7, 11) is 0. The molecule has 76 valence electrons. The molecular weight excluding hydrogens is 205 g/mol. The maximum Gasteiger partial charge on any atom is 0.242 e. The molecule has 2 nitrogen and oxygen atoms in total. The van der Waals surface area contributed by atoms with Gasteiger partial charge in [0.1, 0.15) is 11.2 Å². The van der Waals surface area contributed by atoms with E-state index in [1.807, 2.05) is 0 Å². The Morgan fingerprint density at radius 2 is 2.21 bits per heavy atom. The number of carbonyl (C=O) groups is 1. The zero-order chi connectivity index (χ0) is 10.7. The van der Waals surface area contributed by atoms with Crippen LogP contribution in [0.1, 0.15) is 12.5 Å². The van der Waals surface area contributed by atoms with Crippen LogP contribution in [0.2, 0.25) is 0 Å². The maximum atomic E-state index is 13.0. The Kier molecular flexibility index (Phi) is 3.47. The van der Waals surface area contributed by atoms with Crippen molar-refractivity contribution in [3.05, 3.63) is 29.6 Å². The number of alkyl halides is 1. The predicted octanol–water partition coefficient (Wildman–Crippen LogP) is 2.70. The number of carbonyl (C=O) groups excluding carboxylic acids is 1. The van der Waals surface area contributed by atoms with E-state index in [4.69, 9.17) is 11.6 Å². The fraction of sp³-hybridized carbons (Fsp3) is 0.300. The molecule has 1 rings (SSSR count). The van der Waals surface area contributed by atoms with Crippen molar-refractivity contribution in [3.63, 3.8) is 0 Å². The lowest BCUT2D eigenvalue weighted by atomic mass is 10.2. The first kappa shape index (κ1) is 11.0. The molecule has 1 amide bonds. The van der Waals surface area contributed by atoms with E-state index in [0.717, 1.165) is 0 Å². The molecule has 0 saturated carbocycles. The minimum atomic E-state index is -0.627. The highest BCUT2D eigenvalue weighted by Crippen LogP contribution is 2.17. The molecule has 1 aromatic carbocycles. The highest BCUT2D eigenvalue weighted by molar-refractivity contribution is 6.32. The molecule has 1 atom stereocenters. The lowest BCUT2D eigenvalue weighted by molar-refractivity contribution is -0.115. The monoisotopic (exact) mass is 215 g/mol. The molecule has 1 N–H and O–H groups in total. The van der Waals surface area contributed by atoms with Gasteiger partial charge in [-0.25, -0.2) is 4.39 Å². The zero-order valence-corrected chi connectivity index (χ0v) is 8.73. The van der Waals surface area contributed by atoms with E-state index in [1.54, 1.807) is 19.9 Å². The van der Waals surface area contributed by atoms with Gasteiger partial charge in [-0.2, -0.15) is 0 Å². The van der Waals surface area contributed by atoms with Crippen LogP contribution in [0.25, 0.3) is 0 Å². The summed E-state index contributed by atoms with van der Waals surface area (Å²) in [4.78, 5) is 11.2. The van der Waals surface area contributed by atoms with Crippen molar-refractivity contribution in [1.29, 1.82) is 0 Å². The van der Waals surface area contributed by atoms with E-state index < -0.39 is 5.38 Å². The molecule has 0 aliphatic heterocycles. The Morgan fingerprint density at radius 3 is 2.79 bits per heavy atom. The van der Waals surface area contributed by atoms with Crippen molar-refractivity contribution in [3.8, 4) is 0 Å². The third-order valence-corrected chi connectivity index (χ3v) is 2.09. The normalized spacial score (nSPS) is 12.3. The first-order valence-electron chi connectivity index (χ1n) is 4.22. The fourth-order valence-corrected chi connectivity index (χ4v) is 1.03. The number of hydrogen-bond donors (Lipinski definition) is 1. The van der Waals surface area contributed by atoms with Crippen LogP contribution in [0.3, 0.4) is 0 Å². The SMILES string of the molecule is Cc1c(F)cccc1NC(=O)[C@H](C)Cl. The summed E-state index contributed by atoms with van der Waals surface area (Å²) < 4.78 is 13.0. The number of rotatable bonds is 2. The zero-order valence-electron chi connectivity index (χ0n) is 7.97. The van der Waals surface area contributed by atoms with E-state index in [0.29, 0.717) is 11.3 Å². The lowest BCUT2D eigenvalue weighted by Crippen LogP contribution is -2.20. The maximum absolute atomic E-state index is 13.0. The van der Waals surface area contributed by atoms with Gasteiger partial charge in [-0.1, -0.05) is 6.07 Å². The third kappa shape index (κ3) is 2.45. The van der Waals surface area contributed by atoms with Crippen LogP contribution in [-0.4, -0.2) is 11.3 Å². The second kappa shape index (κ2) is 4.42. The van der Waals surface area contributed by atoms with Gasteiger partial charge in [0.15, 0.2) is 0 Å². The van der Waals surface area contributed by atoms with Gasteiger partial charge >= 0.3 is 0 Å². The largest absolute Gasteiger partial charge is 0.324 e. The highest BCUT2D eigenvalue weighted by Gasteiger charge is 2.11. The average molecular weight is 216 g/mol. The van der Waals surface area contributed by atoms with Crippen molar-refractivity contribution in [2.45, 2.75) is 19.2 Å². The molecule has 1 aromatic rings. The number of benzene rings is 1. The van der Waals surface area contributed by atoms with E-state index >= 15 is 0 Å². The molecule has 0 radical (unpaired) electrons. The van der Waals surface area contributed by atoms with Crippen LogP contribution < -0.4 is 5.32 Å². The summed E-state index contributed by atoms with van der Waals surface area (Å²) >= 11 is 5.56. The predicted molar refractivity (Wildman–Crippen MR) is 55.1 cm³/mol. The van der Waals surface area contributed by atoms with Crippen molar-refractivity contribution in [1.82, 2.24) is 0 Å². The molecule has 4 heteroatoms. The molecule has 0 spiro atoms. The molecule has 0 unspecified atom stereocenters. The van der Waals surface area contributed by atoms with Crippen molar-refractivity contribution >= 4 is 23.2 Å². The van der Waals surface area contributed by atoms with Crippen LogP contribution in [-0.2, 0) is 4.79 Å². The number of nitrogens with one attached hydrogen (secondary N) is 1. The number of hydrogen-bond acceptors (Lipinski definition) is 1. The number of halogens is 2. The Balaban J connectivity index is 2.87. The summed E-state index contributed by atoms with van der Waals surface area (Å²) in [6.07, 6.45) is 0. The molecule has 0 bridgehead atoms. The van der Waals surface area contributed by atoms with E-state index in [9.17, 15) is 9.18 Å². The molecule has 0 aromatic heterocycles. The molecule has 0 heterocycles. The van der Waals surface area contributed by atoms with Crippen LogP contribution in [0.5, 0.6) is 0 Å². The van der Waals surface area contributed by atoms with Gasteiger partial charge in [0.25, 0.3) is 0 Å². The van der Waals surface area contributed by atoms with Gasteiger partial charge in [-0.15, -0.1) is 11.6 Å². The van der Waals surface area contributed by atoms with E-state index in [1.165, 1.54) is 12.1 Å². The van der Waals surface area contributed by atoms with Crippen molar-refractivity contribution in [2.24, 2.45) is 0 Å². The topological polar surface area (TPSA) is 29.1 Å². The second-order valence-electron chi connectivity index (χ2n) is 3.02. The summed E-state index contributed by atoms with van der Waals surface area (Å²) in [5.74, 6) is -0.676. The molecule has 14 heavy (non-hydrogen) atoms. The molecule has 0 fully saturated rings. The van der Waals surface area contributed by atoms with E-state index in [2.05, 4.69) is 5.32 Å². The third-order valence-electron chi connectivity index (χ3n) is 1.89. The summed E-state index contributed by atoms with van der Waals surface area (Å²) in [5, 5.41) is 1.91. The quantitative estimate of drug-likeness (QED) is 0.756. The minimum Gasteiger partial charge on any atom is -0.324 e. The van der Waals surface area contributed by atoms with Crippen LogP contribution in [0, 0.1) is 12.7 Å². The molecular formula is C10H11ClFNO. The highest BCUT2D eigenvalue weighted by atomic mass is 35.5. The smallest absolute Gasteiger partial charge is 0.242 e. The van der Waals surface area contributed by atoms with Gasteiger partial charge in [0.2, 0.25) is 5.91 Å². The van der Waals surface area contributed by atoms with E-state index in [-0.39, 0.29) is 11.7 Å². The average Bonchev–Trinajstić information content (AvgIpc) is 2.12. The van der Waals surface area contributed by atoms with Gasteiger partial charge in [0.05, 0.1) is 0 Å². The number of anilines is 1. The number of amides is 1. The van der Waals surface area contributed by atoms with Crippen molar-refractivity contribution < 1.29 is 9.18 Å². The van der Waals surface area contributed by atoms with Gasteiger partial charge in [-0.3, -0.25) is 4.79 Å². The fourth-order valence-electron chi connectivity index (χ4n) is 0.975. The Labute approximate surface area is 87.1 Å². The van der Waals surface area contributed by atoms with Gasteiger partial charge in [0, 0.05) is 11.3 Å². The lowest BCUT2D eigenvalue weighted by Gasteiger charge is -2.09. The Hall–Kier alpha value is -1.09. The minimum absolute atomic E-state index is 0.333. The standard InChI is InChI=1S/C10H11ClFNO/c1-6-8(12)4-3-5-9(6)13-10(14)7(2)11/h3-5,7H,1-2H3,(H,13,14)/t7-/m0/s1. The molecule has 0 aliphatic carbocycles. The summed E-state index contributed by atoms with van der Waals surface area (Å²) in [5.41, 5.74) is 0.876. The van der Waals surface area contributed by atoms with Crippen LogP contribution in [0.4, 0.5) is 10.1 Å². The summed E-state index contributed by atoms with van der Waals surface area (Å²) in [6.45, 7) is 3.16. The summed E-state index contributed by atoms with van der Waals surface area (Å²) in [6, 6.07) is 4.52. The van der Waals surface area contributed by atoms with Gasteiger partial charge < -0.3 is 5.32 Å². The van der Waals surface area contributed by atoms with Crippen LogP contribution >= 0.6 is 11.6 Å². The van der Waals surface area contributed by atoms with Crippen molar-refractivity contribution in [2.75, 3.05) is 5.32 Å². The first-order chi connectivity index (χ1) is 6.52. The van der Waals surface area contributed by atoms with Crippen LogP contribution in [0.15, 0.2) is 18.2 Å². The Bertz CT molecular complexity index is 352. The Morgan fingerprint density at radius 1 is 1.57 bits per heavy atom. The second-order valence-corrected chi connectivity index (χ2v) is 3.67. The first-order valence-corrected chi connectivity index (χ1v) is 4.66. The molecule has 0 aliphatic rings.